The molecule has 1 N–H and O–H groups in total. The zero-order chi connectivity index (χ0) is 25.3. The smallest absolute Gasteiger partial charge is 0.354 e. The van der Waals surface area contributed by atoms with Crippen molar-refractivity contribution in [2.45, 2.75) is 25.6 Å². The lowest BCUT2D eigenvalue weighted by Crippen LogP contribution is -2.22. The van der Waals surface area contributed by atoms with Crippen LogP contribution >= 0.6 is 0 Å². The summed E-state index contributed by atoms with van der Waals surface area (Å²) in [6.07, 6.45) is -2.79. The normalized spacial score (nSPS) is 17.8. The summed E-state index contributed by atoms with van der Waals surface area (Å²) in [7, 11) is 0. The molecule has 9 heteroatoms. The molecule has 0 saturated carbocycles. The molecule has 1 aliphatic rings. The third kappa shape index (κ3) is 4.80. The van der Waals surface area contributed by atoms with Gasteiger partial charge in [0.15, 0.2) is 0 Å². The third-order valence-corrected chi connectivity index (χ3v) is 6.43. The van der Waals surface area contributed by atoms with Crippen LogP contribution in [-0.4, -0.2) is 28.0 Å². The van der Waals surface area contributed by atoms with E-state index >= 15 is 0 Å². The molecule has 0 spiro atoms. The van der Waals surface area contributed by atoms with Crippen molar-refractivity contribution in [2.75, 3.05) is 23.3 Å². The van der Waals surface area contributed by atoms with Crippen LogP contribution in [0.1, 0.15) is 28.3 Å². The Hall–Kier alpha value is -4.19. The molecule has 5 rings (SSSR count). The van der Waals surface area contributed by atoms with E-state index in [2.05, 4.69) is 21.4 Å². The van der Waals surface area contributed by atoms with Crippen molar-refractivity contribution < 1.29 is 13.2 Å². The first-order chi connectivity index (χ1) is 17.3. The van der Waals surface area contributed by atoms with Crippen LogP contribution in [0, 0.1) is 24.2 Å². The Kier molecular flexibility index (Phi) is 6.18. The van der Waals surface area contributed by atoms with Gasteiger partial charge in [-0.3, -0.25) is 4.98 Å². The summed E-state index contributed by atoms with van der Waals surface area (Å²) in [4.78, 5) is 15.3. The maximum atomic E-state index is 13.4. The van der Waals surface area contributed by atoms with Crippen LogP contribution in [0.4, 0.5) is 24.9 Å². The number of nitrogens with zero attached hydrogens (tertiary/aromatic N) is 5. The van der Waals surface area contributed by atoms with E-state index < -0.39 is 11.7 Å². The molecule has 6 nitrogen and oxygen atoms in total. The summed E-state index contributed by atoms with van der Waals surface area (Å²) in [5, 5.41) is 13.5. The van der Waals surface area contributed by atoms with Crippen molar-refractivity contribution in [3.05, 3.63) is 89.2 Å². The molecule has 0 aliphatic carbocycles. The number of aryl methyl sites for hydroxylation is 1. The third-order valence-electron chi connectivity index (χ3n) is 6.43. The number of rotatable bonds is 5. The van der Waals surface area contributed by atoms with E-state index in [1.165, 1.54) is 6.07 Å². The predicted octanol–water partition coefficient (Wildman–Crippen LogP) is 5.71. The second kappa shape index (κ2) is 9.46. The molecule has 3 heterocycles. The average Bonchev–Trinajstić information content (AvgIpc) is 3.31. The topological polar surface area (TPSA) is 77.7 Å². The van der Waals surface area contributed by atoms with Gasteiger partial charge in [-0.05, 0) is 48.4 Å². The lowest BCUT2D eigenvalue weighted by Gasteiger charge is -2.21. The van der Waals surface area contributed by atoms with Gasteiger partial charge in [-0.25, -0.2) is 4.98 Å². The lowest BCUT2D eigenvalue weighted by molar-refractivity contribution is -0.137. The summed E-state index contributed by atoms with van der Waals surface area (Å²) in [6.45, 7) is 3.22. The van der Waals surface area contributed by atoms with Crippen molar-refractivity contribution in [1.29, 1.82) is 5.26 Å². The van der Waals surface area contributed by atoms with Gasteiger partial charge >= 0.3 is 6.18 Å². The van der Waals surface area contributed by atoms with Crippen molar-refractivity contribution in [1.82, 2.24) is 15.0 Å². The van der Waals surface area contributed by atoms with E-state index in [1.807, 2.05) is 54.3 Å². The van der Waals surface area contributed by atoms with E-state index in [-0.39, 0.29) is 23.3 Å². The monoisotopic (exact) mass is 488 g/mol. The van der Waals surface area contributed by atoms with Gasteiger partial charge in [0, 0.05) is 42.8 Å². The SMILES string of the molecule is Cc1cc(CNc2nc(N3C[C@@H](C#N)[C@H](c4ccccc4)C3)c3ccc(C(F)(F)F)cc3n2)ccn1. The largest absolute Gasteiger partial charge is 0.416 e. The second-order valence-corrected chi connectivity index (χ2v) is 8.92. The lowest BCUT2D eigenvalue weighted by atomic mass is 9.90. The number of halogens is 3. The van der Waals surface area contributed by atoms with Crippen molar-refractivity contribution >= 4 is 22.7 Å². The Morgan fingerprint density at radius 1 is 1.06 bits per heavy atom. The van der Waals surface area contributed by atoms with Crippen LogP contribution in [-0.2, 0) is 12.7 Å². The highest BCUT2D eigenvalue weighted by Gasteiger charge is 2.36. The highest BCUT2D eigenvalue weighted by atomic mass is 19.4. The minimum atomic E-state index is -4.49. The minimum absolute atomic E-state index is 0.0353. The predicted molar refractivity (Wildman–Crippen MR) is 131 cm³/mol. The molecule has 0 bridgehead atoms. The quantitative estimate of drug-likeness (QED) is 0.388. The maximum absolute atomic E-state index is 13.4. The van der Waals surface area contributed by atoms with Crippen LogP contribution in [0.15, 0.2) is 66.9 Å². The van der Waals surface area contributed by atoms with E-state index in [0.29, 0.717) is 30.8 Å². The summed E-state index contributed by atoms with van der Waals surface area (Å²) >= 11 is 0. The zero-order valence-electron chi connectivity index (χ0n) is 19.5. The van der Waals surface area contributed by atoms with Gasteiger partial charge in [-0.2, -0.15) is 23.4 Å². The van der Waals surface area contributed by atoms with E-state index in [9.17, 15) is 18.4 Å². The molecule has 2 aromatic carbocycles. The molecule has 4 aromatic rings. The standard InChI is InChI=1S/C27H23F3N6/c1-17-11-18(9-10-32-17)14-33-26-34-24-12-21(27(28,29)30)7-8-22(24)25(35-26)36-15-20(13-31)23(16-36)19-5-3-2-4-6-19/h2-12,20,23H,14-16H2,1H3,(H,33,34,35)/t20-,23+/m1/s1. The number of pyridine rings is 1. The molecule has 2 aromatic heterocycles. The molecule has 182 valence electrons. The van der Waals surface area contributed by atoms with E-state index in [4.69, 9.17) is 4.98 Å². The number of anilines is 2. The van der Waals surface area contributed by atoms with E-state index in [0.717, 1.165) is 29.0 Å². The molecule has 0 unspecified atom stereocenters. The van der Waals surface area contributed by atoms with Crippen LogP contribution in [0.25, 0.3) is 10.9 Å². The first kappa shape index (κ1) is 23.5. The Morgan fingerprint density at radius 2 is 1.86 bits per heavy atom. The molecule has 0 amide bonds. The summed E-state index contributed by atoms with van der Waals surface area (Å²) in [5.74, 6) is 0.429. The van der Waals surface area contributed by atoms with E-state index in [1.54, 1.807) is 6.20 Å². The molecule has 1 saturated heterocycles. The van der Waals surface area contributed by atoms with Gasteiger partial charge in [0.1, 0.15) is 5.82 Å². The zero-order valence-corrected chi connectivity index (χ0v) is 19.5. The molecular weight excluding hydrogens is 465 g/mol. The summed E-state index contributed by atoms with van der Waals surface area (Å²) in [6, 6.07) is 19.5. The first-order valence-electron chi connectivity index (χ1n) is 11.6. The second-order valence-electron chi connectivity index (χ2n) is 8.92. The van der Waals surface area contributed by atoms with Crippen molar-refractivity contribution in [3.63, 3.8) is 0 Å². The molecular formula is C27H23F3N6. The number of hydrogen-bond donors (Lipinski definition) is 1. The highest BCUT2D eigenvalue weighted by Crippen LogP contribution is 2.38. The Morgan fingerprint density at radius 3 is 2.58 bits per heavy atom. The first-order valence-corrected chi connectivity index (χ1v) is 11.6. The van der Waals surface area contributed by atoms with Gasteiger partial charge in [-0.15, -0.1) is 0 Å². The molecule has 2 atom stereocenters. The van der Waals surface area contributed by atoms with Gasteiger partial charge in [0.2, 0.25) is 5.95 Å². The van der Waals surface area contributed by atoms with Crippen molar-refractivity contribution in [3.8, 4) is 6.07 Å². The summed E-state index contributed by atoms with van der Waals surface area (Å²) < 4.78 is 40.3. The van der Waals surface area contributed by atoms with Crippen LogP contribution in [0.5, 0.6) is 0 Å². The highest BCUT2D eigenvalue weighted by molar-refractivity contribution is 5.91. The maximum Gasteiger partial charge on any atom is 0.416 e. The fourth-order valence-electron chi connectivity index (χ4n) is 4.65. The van der Waals surface area contributed by atoms with Gasteiger partial charge in [0.05, 0.1) is 23.1 Å². The molecule has 1 fully saturated rings. The fourth-order valence-corrected chi connectivity index (χ4v) is 4.65. The number of benzene rings is 2. The Balaban J connectivity index is 1.54. The Labute approximate surface area is 206 Å². The fraction of sp³-hybridized carbons (Fsp3) is 0.259. The van der Waals surface area contributed by atoms with Crippen LogP contribution in [0.2, 0.25) is 0 Å². The molecule has 1 aliphatic heterocycles. The number of alkyl halides is 3. The molecule has 36 heavy (non-hydrogen) atoms. The van der Waals surface area contributed by atoms with Crippen LogP contribution in [0.3, 0.4) is 0 Å². The van der Waals surface area contributed by atoms with Gasteiger partial charge < -0.3 is 10.2 Å². The van der Waals surface area contributed by atoms with Gasteiger partial charge in [0.25, 0.3) is 0 Å². The van der Waals surface area contributed by atoms with Gasteiger partial charge in [-0.1, -0.05) is 30.3 Å². The number of fused-ring (bicyclic) bond motifs is 1. The number of hydrogen-bond acceptors (Lipinski definition) is 6. The van der Waals surface area contributed by atoms with Crippen LogP contribution < -0.4 is 10.2 Å². The minimum Gasteiger partial charge on any atom is -0.354 e. The summed E-state index contributed by atoms with van der Waals surface area (Å²) in [5.41, 5.74) is 2.28. The molecule has 0 radical (unpaired) electrons. The number of nitriles is 1. The number of aromatic nitrogens is 3. The average molecular weight is 489 g/mol. The number of nitrogens with one attached hydrogen (secondary N) is 1. The Bertz CT molecular complexity index is 1430. The van der Waals surface area contributed by atoms with Crippen molar-refractivity contribution in [2.24, 2.45) is 5.92 Å².